The molecule has 7 heteroatoms. The number of rotatable bonds is 9. The van der Waals surface area contributed by atoms with E-state index in [1.807, 2.05) is 0 Å². The SMILES string of the molecule is CCN(CC)S(=O)(=O)CC(=O)NCCNC1CCCCCC1. The van der Waals surface area contributed by atoms with E-state index in [2.05, 4.69) is 10.6 Å². The Balaban J connectivity index is 2.22. The maximum absolute atomic E-state index is 12.0. The van der Waals surface area contributed by atoms with Gasteiger partial charge >= 0.3 is 0 Å². The van der Waals surface area contributed by atoms with Crippen molar-refractivity contribution in [2.75, 3.05) is 31.9 Å². The van der Waals surface area contributed by atoms with E-state index in [0.717, 1.165) is 0 Å². The highest BCUT2D eigenvalue weighted by Crippen LogP contribution is 2.16. The smallest absolute Gasteiger partial charge is 0.236 e. The van der Waals surface area contributed by atoms with Crippen LogP contribution in [0.1, 0.15) is 52.4 Å². The zero-order valence-corrected chi connectivity index (χ0v) is 14.8. The largest absolute Gasteiger partial charge is 0.354 e. The summed E-state index contributed by atoms with van der Waals surface area (Å²) in [5.41, 5.74) is 0. The minimum atomic E-state index is -3.48. The maximum Gasteiger partial charge on any atom is 0.236 e. The Morgan fingerprint density at radius 3 is 2.18 bits per heavy atom. The molecule has 0 aromatic carbocycles. The minimum absolute atomic E-state index is 0.398. The first-order chi connectivity index (χ1) is 10.5. The molecule has 6 nitrogen and oxygen atoms in total. The van der Waals surface area contributed by atoms with E-state index in [0.29, 0.717) is 32.2 Å². The van der Waals surface area contributed by atoms with Crippen molar-refractivity contribution in [1.29, 1.82) is 0 Å². The van der Waals surface area contributed by atoms with Crippen LogP contribution >= 0.6 is 0 Å². The molecule has 1 rings (SSSR count). The number of sulfonamides is 1. The Morgan fingerprint density at radius 2 is 1.64 bits per heavy atom. The lowest BCUT2D eigenvalue weighted by Gasteiger charge is -2.18. The molecule has 0 heterocycles. The van der Waals surface area contributed by atoms with E-state index < -0.39 is 21.7 Å². The second-order valence-corrected chi connectivity index (χ2v) is 7.80. The van der Waals surface area contributed by atoms with Crippen molar-refractivity contribution in [3.8, 4) is 0 Å². The Labute approximate surface area is 135 Å². The summed E-state index contributed by atoms with van der Waals surface area (Å²) >= 11 is 0. The van der Waals surface area contributed by atoms with Crippen LogP contribution < -0.4 is 10.6 Å². The van der Waals surface area contributed by atoms with Crippen LogP contribution in [0, 0.1) is 0 Å². The van der Waals surface area contributed by atoms with Crippen molar-refractivity contribution in [2.24, 2.45) is 0 Å². The van der Waals surface area contributed by atoms with E-state index in [9.17, 15) is 13.2 Å². The van der Waals surface area contributed by atoms with Gasteiger partial charge in [-0.15, -0.1) is 0 Å². The van der Waals surface area contributed by atoms with E-state index in [1.165, 1.54) is 42.8 Å². The highest BCUT2D eigenvalue weighted by molar-refractivity contribution is 7.89. The molecule has 1 aliphatic rings. The maximum atomic E-state index is 12.0. The fraction of sp³-hybridized carbons (Fsp3) is 0.933. The van der Waals surface area contributed by atoms with Crippen LogP contribution in [0.3, 0.4) is 0 Å². The summed E-state index contributed by atoms with van der Waals surface area (Å²) in [7, 11) is -3.48. The van der Waals surface area contributed by atoms with Crippen LogP contribution in [0.15, 0.2) is 0 Å². The molecular formula is C15H31N3O3S. The van der Waals surface area contributed by atoms with Crippen LogP contribution in [0.25, 0.3) is 0 Å². The van der Waals surface area contributed by atoms with E-state index in [1.54, 1.807) is 13.8 Å². The van der Waals surface area contributed by atoms with Gasteiger partial charge in [0.1, 0.15) is 5.75 Å². The molecule has 1 amide bonds. The van der Waals surface area contributed by atoms with Crippen molar-refractivity contribution < 1.29 is 13.2 Å². The van der Waals surface area contributed by atoms with Gasteiger partial charge in [0.05, 0.1) is 0 Å². The molecule has 1 saturated carbocycles. The second kappa shape index (κ2) is 10.2. The molecule has 0 radical (unpaired) electrons. The van der Waals surface area contributed by atoms with Gasteiger partial charge < -0.3 is 10.6 Å². The summed E-state index contributed by atoms with van der Waals surface area (Å²) in [4.78, 5) is 11.8. The average Bonchev–Trinajstić information content (AvgIpc) is 2.72. The van der Waals surface area contributed by atoms with Crippen molar-refractivity contribution in [1.82, 2.24) is 14.9 Å². The van der Waals surface area contributed by atoms with Gasteiger partial charge in [0.15, 0.2) is 0 Å². The lowest BCUT2D eigenvalue weighted by molar-refractivity contribution is -0.118. The van der Waals surface area contributed by atoms with Gasteiger partial charge in [-0.25, -0.2) is 12.7 Å². The quantitative estimate of drug-likeness (QED) is 0.489. The number of hydrogen-bond donors (Lipinski definition) is 2. The summed E-state index contributed by atoms with van der Waals surface area (Å²) in [6, 6.07) is 0.541. The second-order valence-electron chi connectivity index (χ2n) is 5.83. The predicted octanol–water partition coefficient (Wildman–Crippen LogP) is 1.09. The van der Waals surface area contributed by atoms with Crippen LogP contribution in [0.2, 0.25) is 0 Å². The predicted molar refractivity (Wildman–Crippen MR) is 89.2 cm³/mol. The summed E-state index contributed by atoms with van der Waals surface area (Å²) in [5.74, 6) is -0.882. The summed E-state index contributed by atoms with van der Waals surface area (Å²) in [5, 5.41) is 6.14. The molecule has 0 bridgehead atoms. The lowest BCUT2D eigenvalue weighted by atomic mass is 10.1. The van der Waals surface area contributed by atoms with Gasteiger partial charge in [-0.3, -0.25) is 4.79 Å². The molecule has 1 aliphatic carbocycles. The average molecular weight is 333 g/mol. The summed E-state index contributed by atoms with van der Waals surface area (Å²) in [6.45, 7) is 5.51. The van der Waals surface area contributed by atoms with Gasteiger partial charge in [0, 0.05) is 32.2 Å². The third-order valence-electron chi connectivity index (χ3n) is 4.15. The molecule has 2 N–H and O–H groups in total. The van der Waals surface area contributed by atoms with Crippen molar-refractivity contribution in [2.45, 2.75) is 58.4 Å². The molecule has 0 atom stereocenters. The zero-order valence-electron chi connectivity index (χ0n) is 13.9. The first-order valence-corrected chi connectivity index (χ1v) is 10.1. The Bertz CT molecular complexity index is 414. The van der Waals surface area contributed by atoms with Crippen LogP contribution in [0.4, 0.5) is 0 Å². The molecule has 0 aromatic heterocycles. The third-order valence-corrected chi connectivity index (χ3v) is 6.08. The molecule has 130 valence electrons. The monoisotopic (exact) mass is 333 g/mol. The van der Waals surface area contributed by atoms with Crippen LogP contribution in [-0.4, -0.2) is 56.6 Å². The topological polar surface area (TPSA) is 78.5 Å². The normalized spacial score (nSPS) is 17.4. The third kappa shape index (κ3) is 7.07. The molecule has 1 fully saturated rings. The van der Waals surface area contributed by atoms with Crippen molar-refractivity contribution >= 4 is 15.9 Å². The Kier molecular flexibility index (Phi) is 8.97. The van der Waals surface area contributed by atoms with Crippen molar-refractivity contribution in [3.05, 3.63) is 0 Å². The summed E-state index contributed by atoms with van der Waals surface area (Å²) in [6.07, 6.45) is 7.57. The first kappa shape index (κ1) is 19.4. The fourth-order valence-corrected chi connectivity index (χ4v) is 4.29. The highest BCUT2D eigenvalue weighted by atomic mass is 32.2. The molecule has 0 spiro atoms. The first-order valence-electron chi connectivity index (χ1n) is 8.47. The van der Waals surface area contributed by atoms with Gasteiger partial charge in [0.2, 0.25) is 15.9 Å². The molecule has 22 heavy (non-hydrogen) atoms. The van der Waals surface area contributed by atoms with Gasteiger partial charge in [-0.2, -0.15) is 0 Å². The molecule has 0 saturated heterocycles. The van der Waals surface area contributed by atoms with Gasteiger partial charge in [-0.05, 0) is 12.8 Å². The Morgan fingerprint density at radius 1 is 1.05 bits per heavy atom. The van der Waals surface area contributed by atoms with E-state index in [-0.39, 0.29) is 0 Å². The minimum Gasteiger partial charge on any atom is -0.354 e. The molecule has 0 aromatic rings. The highest BCUT2D eigenvalue weighted by Gasteiger charge is 2.22. The fourth-order valence-electron chi connectivity index (χ4n) is 2.89. The zero-order chi connectivity index (χ0) is 16.4. The summed E-state index contributed by atoms with van der Waals surface area (Å²) < 4.78 is 25.3. The van der Waals surface area contributed by atoms with Crippen LogP contribution in [-0.2, 0) is 14.8 Å². The number of hydrogen-bond acceptors (Lipinski definition) is 4. The van der Waals surface area contributed by atoms with E-state index >= 15 is 0 Å². The van der Waals surface area contributed by atoms with E-state index in [4.69, 9.17) is 0 Å². The number of carbonyl (C=O) groups is 1. The number of amides is 1. The number of carbonyl (C=O) groups excluding carboxylic acids is 1. The molecule has 0 aliphatic heterocycles. The Hall–Kier alpha value is -0.660. The molecular weight excluding hydrogens is 302 g/mol. The van der Waals surface area contributed by atoms with Crippen LogP contribution in [0.5, 0.6) is 0 Å². The molecule has 0 unspecified atom stereocenters. The van der Waals surface area contributed by atoms with Crippen molar-refractivity contribution in [3.63, 3.8) is 0 Å². The number of nitrogens with zero attached hydrogens (tertiary/aromatic N) is 1. The lowest BCUT2D eigenvalue weighted by Crippen LogP contribution is -2.42. The number of nitrogens with one attached hydrogen (secondary N) is 2. The standard InChI is InChI=1S/C15H31N3O3S/c1-3-18(4-2)22(20,21)13-15(19)17-12-11-16-14-9-7-5-6-8-10-14/h14,16H,3-13H2,1-2H3,(H,17,19). The van der Waals surface area contributed by atoms with Gasteiger partial charge in [-0.1, -0.05) is 39.5 Å². The van der Waals surface area contributed by atoms with Gasteiger partial charge in [0.25, 0.3) is 0 Å².